The Morgan fingerprint density at radius 3 is 2.46 bits per heavy atom. The van der Waals surface area contributed by atoms with Crippen molar-refractivity contribution in [1.29, 1.82) is 0 Å². The number of Topliss-reactive ketones (excluding diaryl/α,β-unsaturated/α-hetero) is 1. The minimum absolute atomic E-state index is 0.00508. The highest BCUT2D eigenvalue weighted by Crippen LogP contribution is 2.31. The Labute approximate surface area is 164 Å². The van der Waals surface area contributed by atoms with Crippen LogP contribution in [0.1, 0.15) is 16.7 Å². The second-order valence-electron chi connectivity index (χ2n) is 6.40. The van der Waals surface area contributed by atoms with Gasteiger partial charge in [0.15, 0.2) is 5.78 Å². The van der Waals surface area contributed by atoms with E-state index < -0.39 is 17.0 Å². The van der Waals surface area contributed by atoms with E-state index in [9.17, 15) is 22.8 Å². The molecule has 0 bridgehead atoms. The first-order valence-corrected chi connectivity index (χ1v) is 9.55. The fourth-order valence-electron chi connectivity index (χ4n) is 2.92. The second kappa shape index (κ2) is 8.26. The molecule has 1 heterocycles. The van der Waals surface area contributed by atoms with Gasteiger partial charge < -0.3 is 9.64 Å². The predicted octanol–water partition coefficient (Wildman–Crippen LogP) is 3.93. The van der Waals surface area contributed by atoms with Crippen LogP contribution < -0.4 is 4.74 Å². The van der Waals surface area contributed by atoms with E-state index in [2.05, 4.69) is 0 Å². The number of alkyl halides is 3. The van der Waals surface area contributed by atoms with Crippen LogP contribution >= 0.6 is 11.8 Å². The van der Waals surface area contributed by atoms with Crippen molar-refractivity contribution in [3.8, 4) is 5.75 Å². The molecule has 1 atom stereocenters. The van der Waals surface area contributed by atoms with Crippen LogP contribution in [-0.2, 0) is 28.1 Å². The molecular formula is C20H18F3NO3S. The van der Waals surface area contributed by atoms with Crippen LogP contribution in [-0.4, -0.2) is 35.5 Å². The Morgan fingerprint density at radius 1 is 1.11 bits per heavy atom. The topological polar surface area (TPSA) is 46.6 Å². The first-order chi connectivity index (χ1) is 13.3. The van der Waals surface area contributed by atoms with E-state index in [1.54, 1.807) is 25.3 Å². The van der Waals surface area contributed by atoms with Gasteiger partial charge in [-0.3, -0.25) is 9.59 Å². The average molecular weight is 409 g/mol. The third kappa shape index (κ3) is 4.67. The van der Waals surface area contributed by atoms with Crippen molar-refractivity contribution in [3.05, 3.63) is 65.2 Å². The molecule has 0 radical (unpaired) electrons. The number of ketones is 1. The van der Waals surface area contributed by atoms with Crippen molar-refractivity contribution in [2.24, 2.45) is 0 Å². The molecule has 148 valence electrons. The van der Waals surface area contributed by atoms with Gasteiger partial charge in [-0.1, -0.05) is 30.3 Å². The lowest BCUT2D eigenvalue weighted by molar-refractivity contribution is -0.137. The lowest BCUT2D eigenvalue weighted by Gasteiger charge is -2.16. The summed E-state index contributed by atoms with van der Waals surface area (Å²) >= 11 is 1.06. The number of methoxy groups -OCH3 is 1. The number of ether oxygens (including phenoxy) is 1. The number of amides is 1. The molecule has 4 nitrogen and oxygen atoms in total. The van der Waals surface area contributed by atoms with Crippen LogP contribution in [0.15, 0.2) is 48.5 Å². The summed E-state index contributed by atoms with van der Waals surface area (Å²) in [6.07, 6.45) is -4.42. The van der Waals surface area contributed by atoms with Crippen LogP contribution in [0, 0.1) is 0 Å². The number of hydrogen-bond acceptors (Lipinski definition) is 4. The summed E-state index contributed by atoms with van der Waals surface area (Å²) in [4.78, 5) is 26.3. The lowest BCUT2D eigenvalue weighted by Crippen LogP contribution is -2.28. The van der Waals surface area contributed by atoms with Gasteiger partial charge in [0.05, 0.1) is 19.2 Å². The van der Waals surface area contributed by atoms with Gasteiger partial charge >= 0.3 is 6.18 Å². The minimum atomic E-state index is -4.42. The summed E-state index contributed by atoms with van der Waals surface area (Å²) in [5, 5.41) is -0.882. The number of benzene rings is 2. The summed E-state index contributed by atoms with van der Waals surface area (Å²) in [5.74, 6) is 0.318. The van der Waals surface area contributed by atoms with Gasteiger partial charge in [0.1, 0.15) is 11.0 Å². The van der Waals surface area contributed by atoms with E-state index in [-0.39, 0.29) is 24.0 Å². The molecule has 2 aromatic carbocycles. The van der Waals surface area contributed by atoms with Gasteiger partial charge in [0.25, 0.3) is 0 Å². The van der Waals surface area contributed by atoms with Crippen molar-refractivity contribution < 1.29 is 27.5 Å². The maximum atomic E-state index is 12.8. The van der Waals surface area contributed by atoms with E-state index in [1.165, 1.54) is 11.0 Å². The smallest absolute Gasteiger partial charge is 0.416 e. The predicted molar refractivity (Wildman–Crippen MR) is 99.9 cm³/mol. The Kier molecular flexibility index (Phi) is 5.98. The molecule has 1 aliphatic rings. The van der Waals surface area contributed by atoms with Crippen LogP contribution in [0.2, 0.25) is 0 Å². The molecule has 0 spiro atoms. The van der Waals surface area contributed by atoms with E-state index in [1.807, 2.05) is 12.1 Å². The zero-order valence-corrected chi connectivity index (χ0v) is 15.8. The van der Waals surface area contributed by atoms with Gasteiger partial charge in [0.2, 0.25) is 5.91 Å². The number of halogens is 3. The molecule has 3 rings (SSSR count). The van der Waals surface area contributed by atoms with Gasteiger partial charge in [0, 0.05) is 12.3 Å². The largest absolute Gasteiger partial charge is 0.497 e. The lowest BCUT2D eigenvalue weighted by atomic mass is 10.1. The van der Waals surface area contributed by atoms with E-state index in [0.29, 0.717) is 17.9 Å². The van der Waals surface area contributed by atoms with Crippen LogP contribution in [0.3, 0.4) is 0 Å². The number of likely N-dealkylation sites (tertiary alicyclic amines) is 1. The highest BCUT2D eigenvalue weighted by Gasteiger charge is 2.39. The average Bonchev–Trinajstić information content (AvgIpc) is 2.93. The van der Waals surface area contributed by atoms with Crippen LogP contribution in [0.25, 0.3) is 0 Å². The highest BCUT2D eigenvalue weighted by atomic mass is 32.2. The fraction of sp³-hybridized carbons (Fsp3) is 0.300. The number of thioether (sulfide) groups is 1. The quantitative estimate of drug-likeness (QED) is 0.679. The maximum Gasteiger partial charge on any atom is 0.416 e. The molecule has 0 aromatic heterocycles. The first kappa shape index (κ1) is 20.3. The Balaban J connectivity index is 1.62. The summed E-state index contributed by atoms with van der Waals surface area (Å²) in [5.41, 5.74) is 0.551. The third-order valence-electron chi connectivity index (χ3n) is 4.38. The zero-order chi connectivity index (χ0) is 20.3. The zero-order valence-electron chi connectivity index (χ0n) is 15.0. The van der Waals surface area contributed by atoms with Gasteiger partial charge in [-0.15, -0.1) is 11.8 Å². The highest BCUT2D eigenvalue weighted by molar-refractivity contribution is 8.00. The van der Waals surface area contributed by atoms with Crippen molar-refractivity contribution in [2.75, 3.05) is 13.7 Å². The monoisotopic (exact) mass is 409 g/mol. The molecule has 1 saturated heterocycles. The molecule has 2 aromatic rings. The van der Waals surface area contributed by atoms with Crippen molar-refractivity contribution in [1.82, 2.24) is 4.90 Å². The standard InChI is InChI=1S/C20H18F3NO3S/c1-27-16-7-5-13(6-8-16)10-24-11-17(25)18(19(24)26)28-12-14-3-2-4-15(9-14)20(21,22)23/h2-9,18H,10-12H2,1H3. The minimum Gasteiger partial charge on any atom is -0.497 e. The van der Waals surface area contributed by atoms with Gasteiger partial charge in [-0.2, -0.15) is 13.2 Å². The summed E-state index contributed by atoms with van der Waals surface area (Å²) in [7, 11) is 1.56. The number of rotatable bonds is 6. The molecular weight excluding hydrogens is 391 g/mol. The molecule has 8 heteroatoms. The molecule has 0 aliphatic carbocycles. The summed E-state index contributed by atoms with van der Waals surface area (Å²) in [6, 6.07) is 12.1. The molecule has 0 N–H and O–H groups in total. The van der Waals surface area contributed by atoms with Crippen LogP contribution in [0.4, 0.5) is 13.2 Å². The van der Waals surface area contributed by atoms with Crippen molar-refractivity contribution in [2.45, 2.75) is 23.7 Å². The molecule has 1 amide bonds. The van der Waals surface area contributed by atoms with Crippen molar-refractivity contribution >= 4 is 23.5 Å². The maximum absolute atomic E-state index is 12.8. The number of nitrogens with zero attached hydrogens (tertiary/aromatic N) is 1. The van der Waals surface area contributed by atoms with Crippen LogP contribution in [0.5, 0.6) is 5.75 Å². The molecule has 1 fully saturated rings. The molecule has 1 aliphatic heterocycles. The molecule has 28 heavy (non-hydrogen) atoms. The number of hydrogen-bond donors (Lipinski definition) is 0. The van der Waals surface area contributed by atoms with Crippen molar-refractivity contribution in [3.63, 3.8) is 0 Å². The normalized spacial score (nSPS) is 17.3. The molecule has 0 saturated carbocycles. The van der Waals surface area contributed by atoms with E-state index in [4.69, 9.17) is 4.74 Å². The Bertz CT molecular complexity index is 868. The third-order valence-corrected chi connectivity index (χ3v) is 5.68. The van der Waals surface area contributed by atoms with E-state index >= 15 is 0 Å². The Hall–Kier alpha value is -2.48. The van der Waals surface area contributed by atoms with Gasteiger partial charge in [-0.25, -0.2) is 0 Å². The van der Waals surface area contributed by atoms with Gasteiger partial charge in [-0.05, 0) is 29.3 Å². The Morgan fingerprint density at radius 2 is 1.82 bits per heavy atom. The second-order valence-corrected chi connectivity index (χ2v) is 7.49. The summed E-state index contributed by atoms with van der Waals surface area (Å²) in [6.45, 7) is 0.306. The first-order valence-electron chi connectivity index (χ1n) is 8.50. The van der Waals surface area contributed by atoms with E-state index in [0.717, 1.165) is 29.5 Å². The summed E-state index contributed by atoms with van der Waals surface area (Å²) < 4.78 is 43.5. The number of carbonyl (C=O) groups excluding carboxylic acids is 2. The molecule has 1 unspecified atom stereocenters. The fourth-order valence-corrected chi connectivity index (χ4v) is 4.01. The number of carbonyl (C=O) groups is 2. The SMILES string of the molecule is COc1ccc(CN2CC(=O)C(SCc3cccc(C(F)(F)F)c3)C2=O)cc1.